The predicted molar refractivity (Wildman–Crippen MR) is 92.6 cm³/mol. The number of rotatable bonds is 12. The highest BCUT2D eigenvalue weighted by Crippen LogP contribution is 2.40. The molecule has 0 spiro atoms. The summed E-state index contributed by atoms with van der Waals surface area (Å²) in [5.41, 5.74) is 5.62. The molecule has 0 aromatic rings. The third kappa shape index (κ3) is 8.55. The van der Waals surface area contributed by atoms with Crippen LogP contribution in [0.25, 0.3) is 0 Å². The van der Waals surface area contributed by atoms with E-state index in [1.165, 1.54) is 0 Å². The fourth-order valence-electron chi connectivity index (χ4n) is 2.18. The zero-order valence-electron chi connectivity index (χ0n) is 14.8. The Morgan fingerprint density at radius 2 is 1.64 bits per heavy atom. The lowest BCUT2D eigenvalue weighted by molar-refractivity contribution is -0.130. The van der Waals surface area contributed by atoms with Gasteiger partial charge in [0.25, 0.3) is 0 Å². The molecule has 0 saturated heterocycles. The maximum Gasteiger partial charge on any atom is 0.355 e. The molecule has 0 saturated carbocycles. The van der Waals surface area contributed by atoms with Gasteiger partial charge in [-0.15, -0.1) is 0 Å². The van der Waals surface area contributed by atoms with Gasteiger partial charge >= 0.3 is 7.60 Å². The van der Waals surface area contributed by atoms with E-state index in [4.69, 9.17) is 5.73 Å². The highest BCUT2D eigenvalue weighted by molar-refractivity contribution is 7.53. The van der Waals surface area contributed by atoms with Gasteiger partial charge in [0.2, 0.25) is 11.8 Å². The maximum absolute atomic E-state index is 12.6. The molecule has 0 aromatic heterocycles. The number of hydrogen-bond donors (Lipinski definition) is 6. The molecule has 0 radical (unpaired) electrons. The molecule has 7 N–H and O–H groups in total. The van der Waals surface area contributed by atoms with E-state index in [1.807, 2.05) is 5.32 Å². The standard InChI is InChI=1S/C14H29N4O6P/c1-4-6-9(15)13(21)18-14(25(22,23)24)12(20)10(7-5-2)17-11(19)8-16-3/h9-10,14,16H,4-8,15H2,1-3H3,(H,17,19)(H,18,21)(H2,22,23,24)/t9-,10-,14?/m0/s1. The van der Waals surface area contributed by atoms with Crippen LogP contribution < -0.4 is 21.7 Å². The van der Waals surface area contributed by atoms with Crippen LogP contribution in [-0.2, 0) is 18.9 Å². The van der Waals surface area contributed by atoms with Crippen molar-refractivity contribution in [3.05, 3.63) is 0 Å². The number of Topliss-reactive ketones (excluding diaryl/α,β-unsaturated/α-hetero) is 1. The number of hydrogen-bond acceptors (Lipinski definition) is 6. The maximum atomic E-state index is 12.6. The minimum absolute atomic E-state index is 0.0538. The van der Waals surface area contributed by atoms with Gasteiger partial charge in [-0.1, -0.05) is 26.7 Å². The van der Waals surface area contributed by atoms with Crippen molar-refractivity contribution in [3.8, 4) is 0 Å². The molecule has 1 unspecified atom stereocenters. The number of ketones is 1. The quantitative estimate of drug-likeness (QED) is 0.229. The topological polar surface area (TPSA) is 171 Å². The minimum Gasteiger partial charge on any atom is -0.345 e. The van der Waals surface area contributed by atoms with Gasteiger partial charge in [0.15, 0.2) is 11.6 Å². The molecule has 3 atom stereocenters. The lowest BCUT2D eigenvalue weighted by Crippen LogP contribution is -2.54. The molecule has 0 heterocycles. The molecule has 10 nitrogen and oxygen atoms in total. The zero-order chi connectivity index (χ0) is 19.6. The van der Waals surface area contributed by atoms with Gasteiger partial charge in [-0.25, -0.2) is 0 Å². The van der Waals surface area contributed by atoms with Gasteiger partial charge in [-0.05, 0) is 19.9 Å². The number of nitrogens with two attached hydrogens (primary N) is 1. The first-order valence-corrected chi connectivity index (χ1v) is 9.85. The first-order chi connectivity index (χ1) is 11.6. The SMILES string of the molecule is CCC[C@H](NC(=O)CNC)C(=O)C(NC(=O)[C@@H](N)CCC)P(=O)(O)O. The third-order valence-electron chi connectivity index (χ3n) is 3.41. The summed E-state index contributed by atoms with van der Waals surface area (Å²) < 4.78 is 11.7. The molecule has 0 fully saturated rings. The van der Waals surface area contributed by atoms with Gasteiger partial charge in [0.1, 0.15) is 0 Å². The lowest BCUT2D eigenvalue weighted by Gasteiger charge is -2.25. The fourth-order valence-corrected chi connectivity index (χ4v) is 2.98. The Kier molecular flexibility index (Phi) is 10.7. The van der Waals surface area contributed by atoms with E-state index in [9.17, 15) is 28.7 Å². The number of nitrogens with one attached hydrogen (secondary N) is 3. The Morgan fingerprint density at radius 3 is 2.08 bits per heavy atom. The molecule has 0 aliphatic rings. The van der Waals surface area contributed by atoms with Gasteiger partial charge in [0, 0.05) is 0 Å². The van der Waals surface area contributed by atoms with Crippen LogP contribution >= 0.6 is 7.60 Å². The Hall–Kier alpha value is -1.32. The van der Waals surface area contributed by atoms with Crippen LogP contribution in [0.3, 0.4) is 0 Å². The van der Waals surface area contributed by atoms with Crippen LogP contribution in [0.1, 0.15) is 39.5 Å². The predicted octanol–water partition coefficient (Wildman–Crippen LogP) is -1.19. The van der Waals surface area contributed by atoms with Crippen LogP contribution in [-0.4, -0.2) is 58.8 Å². The normalized spacial score (nSPS) is 15.1. The van der Waals surface area contributed by atoms with Crippen molar-refractivity contribution in [2.24, 2.45) is 5.73 Å². The van der Waals surface area contributed by atoms with Gasteiger partial charge in [0.05, 0.1) is 18.6 Å². The van der Waals surface area contributed by atoms with E-state index in [0.717, 1.165) is 0 Å². The summed E-state index contributed by atoms with van der Waals surface area (Å²) >= 11 is 0. The summed E-state index contributed by atoms with van der Waals surface area (Å²) in [6.45, 7) is 3.50. The first kappa shape index (κ1) is 23.7. The van der Waals surface area contributed by atoms with Crippen molar-refractivity contribution in [2.75, 3.05) is 13.6 Å². The van der Waals surface area contributed by atoms with Gasteiger partial charge < -0.3 is 31.5 Å². The van der Waals surface area contributed by atoms with E-state index in [-0.39, 0.29) is 13.0 Å². The monoisotopic (exact) mass is 380 g/mol. The lowest BCUT2D eigenvalue weighted by atomic mass is 10.1. The Labute approximate surface area is 147 Å². The molecule has 0 aromatic carbocycles. The largest absolute Gasteiger partial charge is 0.355 e. The van der Waals surface area contributed by atoms with Crippen molar-refractivity contribution >= 4 is 25.2 Å². The summed E-state index contributed by atoms with van der Waals surface area (Å²) in [7, 11) is -3.44. The molecular weight excluding hydrogens is 351 g/mol. The summed E-state index contributed by atoms with van der Waals surface area (Å²) in [6, 6.07) is -2.10. The second-order valence-corrected chi connectivity index (χ2v) is 7.43. The number of likely N-dealkylation sites (N-methyl/N-ethyl adjacent to an activating group) is 1. The van der Waals surface area contributed by atoms with Crippen molar-refractivity contribution < 1.29 is 28.7 Å². The summed E-state index contributed by atoms with van der Waals surface area (Å²) in [4.78, 5) is 55.2. The molecule has 25 heavy (non-hydrogen) atoms. The zero-order valence-corrected chi connectivity index (χ0v) is 15.7. The van der Waals surface area contributed by atoms with Crippen LogP contribution in [0.4, 0.5) is 0 Å². The Balaban J connectivity index is 5.33. The summed E-state index contributed by atoms with van der Waals surface area (Å²) in [6.07, 6.45) is 1.59. The van der Waals surface area contributed by atoms with Crippen molar-refractivity contribution in [1.82, 2.24) is 16.0 Å². The van der Waals surface area contributed by atoms with Crippen LogP contribution in [0.15, 0.2) is 0 Å². The van der Waals surface area contributed by atoms with Crippen LogP contribution in [0.5, 0.6) is 0 Å². The summed E-state index contributed by atoms with van der Waals surface area (Å²) in [5, 5.41) is 7.08. The van der Waals surface area contributed by atoms with Gasteiger partial charge in [-0.3, -0.25) is 18.9 Å². The average molecular weight is 380 g/mol. The number of carbonyl (C=O) groups is 3. The number of carbonyl (C=O) groups excluding carboxylic acids is 3. The Bertz CT molecular complexity index is 510. The van der Waals surface area contributed by atoms with E-state index in [1.54, 1.807) is 20.9 Å². The first-order valence-electron chi connectivity index (χ1n) is 8.17. The average Bonchev–Trinajstić information content (AvgIpc) is 2.50. The second kappa shape index (κ2) is 11.3. The van der Waals surface area contributed by atoms with E-state index < -0.39 is 43.1 Å². The smallest absolute Gasteiger partial charge is 0.345 e. The minimum atomic E-state index is -4.98. The van der Waals surface area contributed by atoms with Crippen molar-refractivity contribution in [1.29, 1.82) is 0 Å². The molecule has 0 aliphatic carbocycles. The van der Waals surface area contributed by atoms with E-state index in [0.29, 0.717) is 19.3 Å². The molecule has 0 rings (SSSR count). The summed E-state index contributed by atoms with van der Waals surface area (Å²) in [5.74, 6) is -4.31. The van der Waals surface area contributed by atoms with Crippen LogP contribution in [0, 0.1) is 0 Å². The highest BCUT2D eigenvalue weighted by atomic mass is 31.2. The highest BCUT2D eigenvalue weighted by Gasteiger charge is 2.41. The fraction of sp³-hybridized carbons (Fsp3) is 0.786. The second-order valence-electron chi connectivity index (χ2n) is 5.74. The molecule has 146 valence electrons. The van der Waals surface area contributed by atoms with Crippen molar-refractivity contribution in [2.45, 2.75) is 57.4 Å². The third-order valence-corrected chi connectivity index (χ3v) is 4.47. The van der Waals surface area contributed by atoms with Crippen LogP contribution in [0.2, 0.25) is 0 Å². The van der Waals surface area contributed by atoms with Crippen molar-refractivity contribution in [3.63, 3.8) is 0 Å². The molecular formula is C14H29N4O6P. The molecule has 0 bridgehead atoms. The molecule has 0 aliphatic heterocycles. The molecule has 11 heteroatoms. The Morgan fingerprint density at radius 1 is 1.08 bits per heavy atom. The number of amides is 2. The van der Waals surface area contributed by atoms with E-state index in [2.05, 4.69) is 10.6 Å². The van der Waals surface area contributed by atoms with E-state index >= 15 is 0 Å². The van der Waals surface area contributed by atoms with Gasteiger partial charge in [-0.2, -0.15) is 0 Å². The molecule has 2 amide bonds.